The number of para-hydroxylation sites is 1. The van der Waals surface area contributed by atoms with E-state index in [1.807, 2.05) is 43.1 Å². The highest BCUT2D eigenvalue weighted by molar-refractivity contribution is 7.89. The third kappa shape index (κ3) is 4.50. The van der Waals surface area contributed by atoms with Gasteiger partial charge in [0.15, 0.2) is 0 Å². The summed E-state index contributed by atoms with van der Waals surface area (Å²) in [7, 11) is -1.83. The molecule has 8 heteroatoms. The first-order valence-corrected chi connectivity index (χ1v) is 10.8. The van der Waals surface area contributed by atoms with Crippen LogP contribution in [-0.4, -0.2) is 32.9 Å². The Balaban J connectivity index is 1.88. The largest absolute Gasteiger partial charge is 0.462 e. The zero-order valence-electron chi connectivity index (χ0n) is 16.6. The fourth-order valence-electron chi connectivity index (χ4n) is 3.19. The van der Waals surface area contributed by atoms with Gasteiger partial charge in [0.2, 0.25) is 10.0 Å². The summed E-state index contributed by atoms with van der Waals surface area (Å²) in [5, 5.41) is 5.88. The Hall–Kier alpha value is -2.68. The maximum atomic E-state index is 12.5. The molecule has 2 aromatic carbocycles. The second-order valence-electron chi connectivity index (χ2n) is 6.82. The molecule has 0 saturated heterocycles. The monoisotopic (exact) mass is 416 g/mol. The Morgan fingerprint density at radius 1 is 1.17 bits per heavy atom. The van der Waals surface area contributed by atoms with Crippen LogP contribution >= 0.6 is 0 Å². The van der Waals surface area contributed by atoms with Crippen molar-refractivity contribution in [2.24, 2.45) is 5.14 Å². The number of nitrogens with zero attached hydrogens (tertiary/aromatic N) is 1. The normalized spacial score (nSPS) is 13.0. The van der Waals surface area contributed by atoms with E-state index in [9.17, 15) is 13.2 Å². The van der Waals surface area contributed by atoms with Crippen LogP contribution in [0.25, 0.3) is 11.0 Å². The van der Waals surface area contributed by atoms with Crippen LogP contribution < -0.4 is 5.14 Å². The summed E-state index contributed by atoms with van der Waals surface area (Å²) < 4.78 is 34.0. The van der Waals surface area contributed by atoms with E-state index in [0.29, 0.717) is 23.5 Å². The van der Waals surface area contributed by atoms with Crippen LogP contribution in [0.3, 0.4) is 0 Å². The summed E-state index contributed by atoms with van der Waals surface area (Å²) in [6.07, 6.45) is 0. The number of ether oxygens (including phenoxy) is 1. The van der Waals surface area contributed by atoms with Crippen molar-refractivity contribution in [2.45, 2.75) is 31.3 Å². The number of fused-ring (bicyclic) bond motifs is 1. The van der Waals surface area contributed by atoms with Gasteiger partial charge >= 0.3 is 5.97 Å². The number of hydrogen-bond donors (Lipinski definition) is 1. The number of carbonyl (C=O) groups is 1. The molecular weight excluding hydrogens is 392 g/mol. The molecule has 154 valence electrons. The van der Waals surface area contributed by atoms with Crippen LogP contribution in [0, 0.1) is 0 Å². The topological polar surface area (TPSA) is 103 Å². The van der Waals surface area contributed by atoms with Gasteiger partial charge in [-0.3, -0.25) is 4.90 Å². The van der Waals surface area contributed by atoms with Crippen molar-refractivity contribution in [3.05, 3.63) is 65.4 Å². The molecule has 1 atom stereocenters. The van der Waals surface area contributed by atoms with E-state index in [1.54, 1.807) is 19.1 Å². The Labute approximate surface area is 170 Å². The number of hydrogen-bond acceptors (Lipinski definition) is 6. The molecule has 0 fully saturated rings. The number of carbonyl (C=O) groups excluding carboxylic acids is 1. The molecule has 0 amide bonds. The van der Waals surface area contributed by atoms with E-state index in [1.165, 1.54) is 12.1 Å². The molecular formula is C21H24N2O5S. The van der Waals surface area contributed by atoms with E-state index in [-0.39, 0.29) is 17.5 Å². The number of benzene rings is 2. The summed E-state index contributed by atoms with van der Waals surface area (Å²) in [5.74, 6) is 0.117. The first-order chi connectivity index (χ1) is 13.7. The van der Waals surface area contributed by atoms with Gasteiger partial charge in [-0.2, -0.15) is 0 Å². The predicted molar refractivity (Wildman–Crippen MR) is 110 cm³/mol. The minimum Gasteiger partial charge on any atom is -0.462 e. The van der Waals surface area contributed by atoms with Gasteiger partial charge in [0.05, 0.1) is 18.0 Å². The number of furan rings is 1. The molecule has 0 aliphatic rings. The van der Waals surface area contributed by atoms with Gasteiger partial charge in [0.1, 0.15) is 16.9 Å². The number of sulfonamides is 1. The van der Waals surface area contributed by atoms with Crippen molar-refractivity contribution in [2.75, 3.05) is 13.7 Å². The lowest BCUT2D eigenvalue weighted by atomic mass is 10.1. The molecule has 1 aromatic heterocycles. The highest BCUT2D eigenvalue weighted by Gasteiger charge is 2.24. The first-order valence-electron chi connectivity index (χ1n) is 9.23. The maximum Gasteiger partial charge on any atom is 0.342 e. The van der Waals surface area contributed by atoms with Crippen LogP contribution in [0.15, 0.2) is 57.8 Å². The molecule has 0 aliphatic carbocycles. The molecule has 7 nitrogen and oxygen atoms in total. The SMILES string of the molecule is CCOC(=O)c1c(CN(C)C(C)c2ccc(S(N)(=O)=O)cc2)oc2ccccc12. The Bertz CT molecular complexity index is 1120. The molecule has 0 saturated carbocycles. The highest BCUT2D eigenvalue weighted by Crippen LogP contribution is 2.30. The molecule has 3 aromatic rings. The van der Waals surface area contributed by atoms with E-state index in [4.69, 9.17) is 14.3 Å². The van der Waals surface area contributed by atoms with E-state index in [2.05, 4.69) is 0 Å². The number of esters is 1. The van der Waals surface area contributed by atoms with Crippen molar-refractivity contribution >= 4 is 27.0 Å². The molecule has 0 radical (unpaired) electrons. The quantitative estimate of drug-likeness (QED) is 0.592. The van der Waals surface area contributed by atoms with Gasteiger partial charge in [0, 0.05) is 11.4 Å². The van der Waals surface area contributed by atoms with Crippen LogP contribution in [0.4, 0.5) is 0 Å². The van der Waals surface area contributed by atoms with Gasteiger partial charge in [-0.1, -0.05) is 30.3 Å². The van der Waals surface area contributed by atoms with E-state index >= 15 is 0 Å². The molecule has 3 rings (SSSR count). The average molecular weight is 416 g/mol. The Morgan fingerprint density at radius 3 is 2.45 bits per heavy atom. The first kappa shape index (κ1) is 21.0. The third-order valence-electron chi connectivity index (χ3n) is 4.89. The predicted octanol–water partition coefficient (Wildman–Crippen LogP) is 3.45. The molecule has 0 aliphatic heterocycles. The molecule has 1 unspecified atom stereocenters. The van der Waals surface area contributed by atoms with Crippen molar-refractivity contribution in [1.29, 1.82) is 0 Å². The standard InChI is InChI=1S/C21H24N2O5S/c1-4-27-21(24)20-17-7-5-6-8-18(17)28-19(20)13-23(3)14(2)15-9-11-16(12-10-15)29(22,25)26/h5-12,14H,4,13H2,1-3H3,(H2,22,25,26). The summed E-state index contributed by atoms with van der Waals surface area (Å²) in [4.78, 5) is 14.6. The van der Waals surface area contributed by atoms with Gasteiger partial charge in [-0.15, -0.1) is 0 Å². The summed E-state index contributed by atoms with van der Waals surface area (Å²) in [6, 6.07) is 13.7. The molecule has 0 spiro atoms. The molecule has 0 bridgehead atoms. The van der Waals surface area contributed by atoms with Crippen LogP contribution in [0.1, 0.15) is 41.6 Å². The van der Waals surface area contributed by atoms with Gasteiger partial charge in [-0.05, 0) is 44.7 Å². The second kappa shape index (κ2) is 8.36. The zero-order chi connectivity index (χ0) is 21.2. The summed E-state index contributed by atoms with van der Waals surface area (Å²) in [5.41, 5.74) is 1.98. The van der Waals surface area contributed by atoms with E-state index in [0.717, 1.165) is 10.9 Å². The van der Waals surface area contributed by atoms with Gasteiger partial charge in [0.25, 0.3) is 0 Å². The third-order valence-corrected chi connectivity index (χ3v) is 5.82. The summed E-state index contributed by atoms with van der Waals surface area (Å²) >= 11 is 0. The lowest BCUT2D eigenvalue weighted by molar-refractivity contribution is 0.0523. The summed E-state index contributed by atoms with van der Waals surface area (Å²) in [6.45, 7) is 4.40. The molecule has 29 heavy (non-hydrogen) atoms. The fourth-order valence-corrected chi connectivity index (χ4v) is 3.70. The fraction of sp³-hybridized carbons (Fsp3) is 0.286. The van der Waals surface area contributed by atoms with Crippen molar-refractivity contribution in [1.82, 2.24) is 4.90 Å². The van der Waals surface area contributed by atoms with Crippen LogP contribution in [0.2, 0.25) is 0 Å². The number of nitrogens with two attached hydrogens (primary N) is 1. The minimum absolute atomic E-state index is 0.0622. The van der Waals surface area contributed by atoms with Crippen LogP contribution in [-0.2, 0) is 21.3 Å². The lowest BCUT2D eigenvalue weighted by Crippen LogP contribution is -2.23. The van der Waals surface area contributed by atoms with Gasteiger partial charge in [-0.25, -0.2) is 18.4 Å². The van der Waals surface area contributed by atoms with Crippen LogP contribution in [0.5, 0.6) is 0 Å². The highest BCUT2D eigenvalue weighted by atomic mass is 32.2. The zero-order valence-corrected chi connectivity index (χ0v) is 17.4. The second-order valence-corrected chi connectivity index (χ2v) is 8.38. The van der Waals surface area contributed by atoms with Crippen molar-refractivity contribution in [3.63, 3.8) is 0 Å². The number of rotatable bonds is 7. The maximum absolute atomic E-state index is 12.5. The number of primary sulfonamides is 1. The van der Waals surface area contributed by atoms with Crippen molar-refractivity contribution in [3.8, 4) is 0 Å². The average Bonchev–Trinajstić information content (AvgIpc) is 3.04. The van der Waals surface area contributed by atoms with Crippen molar-refractivity contribution < 1.29 is 22.4 Å². The van der Waals surface area contributed by atoms with Gasteiger partial charge < -0.3 is 9.15 Å². The Morgan fingerprint density at radius 2 is 1.83 bits per heavy atom. The molecule has 1 heterocycles. The van der Waals surface area contributed by atoms with E-state index < -0.39 is 16.0 Å². The lowest BCUT2D eigenvalue weighted by Gasteiger charge is -2.24. The smallest absolute Gasteiger partial charge is 0.342 e. The molecule has 2 N–H and O–H groups in total. The Kier molecular flexibility index (Phi) is 6.07. The minimum atomic E-state index is -3.73.